The maximum atomic E-state index is 13.0. The Balaban J connectivity index is 0.00000196. The standard InChI is InChI=1S/C19H23ClN4O.ClH/c1-12-18(11-21-24(12)16-5-3-4-13(20)8-16)19(25)23(2)17-9-14-6-7-15(10-17)22-14;/h3-5,8,11,14-15,17,22H,6-7,9-10H2,1-2H3;1H. The van der Waals surface area contributed by atoms with Gasteiger partial charge in [0.05, 0.1) is 23.1 Å². The molecule has 1 amide bonds. The van der Waals surface area contributed by atoms with Gasteiger partial charge in [0, 0.05) is 30.2 Å². The topological polar surface area (TPSA) is 50.2 Å². The second-order valence-corrected chi connectivity index (χ2v) is 7.65. The Morgan fingerprint density at radius 2 is 2.00 bits per heavy atom. The van der Waals surface area contributed by atoms with Crippen LogP contribution >= 0.6 is 24.0 Å². The molecule has 26 heavy (non-hydrogen) atoms. The normalized spacial score (nSPS) is 24.2. The Bertz CT molecular complexity index is 795. The van der Waals surface area contributed by atoms with E-state index in [0.717, 1.165) is 24.2 Å². The van der Waals surface area contributed by atoms with Crippen molar-refractivity contribution in [3.05, 3.63) is 46.7 Å². The van der Waals surface area contributed by atoms with E-state index < -0.39 is 0 Å². The second-order valence-electron chi connectivity index (χ2n) is 7.21. The van der Waals surface area contributed by atoms with Gasteiger partial charge in [0.1, 0.15) is 0 Å². The van der Waals surface area contributed by atoms with Crippen molar-refractivity contribution in [3.63, 3.8) is 0 Å². The Morgan fingerprint density at radius 1 is 1.31 bits per heavy atom. The van der Waals surface area contributed by atoms with E-state index in [-0.39, 0.29) is 18.3 Å². The first-order valence-corrected chi connectivity index (χ1v) is 9.24. The van der Waals surface area contributed by atoms with Crippen LogP contribution < -0.4 is 5.32 Å². The Labute approximate surface area is 165 Å². The molecule has 2 aliphatic rings. The number of hydrogen-bond donors (Lipinski definition) is 1. The number of piperidine rings is 1. The minimum Gasteiger partial charge on any atom is -0.338 e. The van der Waals surface area contributed by atoms with Crippen molar-refractivity contribution in [1.29, 1.82) is 0 Å². The van der Waals surface area contributed by atoms with Crippen molar-refractivity contribution >= 4 is 29.9 Å². The molecule has 3 heterocycles. The first-order valence-electron chi connectivity index (χ1n) is 8.86. The average molecular weight is 395 g/mol. The number of benzene rings is 1. The number of halogens is 2. The van der Waals surface area contributed by atoms with E-state index in [2.05, 4.69) is 10.4 Å². The smallest absolute Gasteiger partial charge is 0.257 e. The maximum Gasteiger partial charge on any atom is 0.257 e. The van der Waals surface area contributed by atoms with Crippen LogP contribution in [-0.2, 0) is 0 Å². The summed E-state index contributed by atoms with van der Waals surface area (Å²) < 4.78 is 1.78. The molecule has 0 aliphatic carbocycles. The van der Waals surface area contributed by atoms with Gasteiger partial charge in [-0.1, -0.05) is 17.7 Å². The van der Waals surface area contributed by atoms with Crippen LogP contribution in [0.15, 0.2) is 30.5 Å². The van der Waals surface area contributed by atoms with Crippen molar-refractivity contribution in [1.82, 2.24) is 20.0 Å². The summed E-state index contributed by atoms with van der Waals surface area (Å²) in [6, 6.07) is 8.94. The summed E-state index contributed by atoms with van der Waals surface area (Å²) >= 11 is 6.08. The lowest BCUT2D eigenvalue weighted by molar-refractivity contribution is 0.0681. The van der Waals surface area contributed by atoms with Gasteiger partial charge in [-0.05, 0) is 50.8 Å². The van der Waals surface area contributed by atoms with Crippen LogP contribution in [0.2, 0.25) is 5.02 Å². The van der Waals surface area contributed by atoms with Crippen molar-refractivity contribution in [2.45, 2.75) is 50.7 Å². The summed E-state index contributed by atoms with van der Waals surface area (Å²) in [5.41, 5.74) is 2.37. The highest BCUT2D eigenvalue weighted by molar-refractivity contribution is 6.30. The van der Waals surface area contributed by atoms with E-state index in [1.807, 2.05) is 43.1 Å². The third-order valence-corrected chi connectivity index (χ3v) is 5.84. The monoisotopic (exact) mass is 394 g/mol. The fraction of sp³-hybridized carbons (Fsp3) is 0.474. The molecule has 2 saturated heterocycles. The van der Waals surface area contributed by atoms with Crippen molar-refractivity contribution < 1.29 is 4.79 Å². The number of hydrogen-bond acceptors (Lipinski definition) is 3. The van der Waals surface area contributed by atoms with E-state index in [9.17, 15) is 4.79 Å². The van der Waals surface area contributed by atoms with E-state index in [0.29, 0.717) is 28.7 Å². The predicted octanol–water partition coefficient (Wildman–Crippen LogP) is 3.61. The zero-order valence-corrected chi connectivity index (χ0v) is 16.6. The molecule has 1 aromatic heterocycles. The molecule has 2 unspecified atom stereocenters. The van der Waals surface area contributed by atoms with Gasteiger partial charge >= 0.3 is 0 Å². The Kier molecular flexibility index (Phi) is 5.61. The number of carbonyl (C=O) groups is 1. The van der Waals surface area contributed by atoms with Gasteiger partial charge in [-0.25, -0.2) is 4.68 Å². The van der Waals surface area contributed by atoms with Crippen LogP contribution in [0, 0.1) is 6.92 Å². The number of fused-ring (bicyclic) bond motifs is 2. The molecule has 0 saturated carbocycles. The summed E-state index contributed by atoms with van der Waals surface area (Å²) in [7, 11) is 1.92. The number of rotatable bonds is 3. The van der Waals surface area contributed by atoms with Crippen molar-refractivity contribution in [3.8, 4) is 5.69 Å². The molecule has 2 atom stereocenters. The second kappa shape index (κ2) is 7.59. The van der Waals surface area contributed by atoms with Crippen LogP contribution in [0.25, 0.3) is 5.69 Å². The van der Waals surface area contributed by atoms with Crippen LogP contribution in [0.1, 0.15) is 41.7 Å². The van der Waals surface area contributed by atoms with Crippen LogP contribution in [0.4, 0.5) is 0 Å². The van der Waals surface area contributed by atoms with Crippen molar-refractivity contribution in [2.24, 2.45) is 0 Å². The summed E-state index contributed by atoms with van der Waals surface area (Å²) in [5.74, 6) is 0.0529. The lowest BCUT2D eigenvalue weighted by atomic mass is 9.98. The molecule has 0 spiro atoms. The van der Waals surface area contributed by atoms with Gasteiger partial charge in [0.25, 0.3) is 5.91 Å². The molecule has 2 aliphatic heterocycles. The maximum absolute atomic E-state index is 13.0. The SMILES string of the molecule is Cc1c(C(=O)N(C)C2CC3CCC(C2)N3)cnn1-c1cccc(Cl)c1.Cl. The molecule has 0 radical (unpaired) electrons. The largest absolute Gasteiger partial charge is 0.338 e. The molecule has 2 bridgehead atoms. The van der Waals surface area contributed by atoms with Gasteiger partial charge in [-0.3, -0.25) is 4.79 Å². The molecule has 140 valence electrons. The molecular weight excluding hydrogens is 371 g/mol. The van der Waals surface area contributed by atoms with Gasteiger partial charge in [-0.15, -0.1) is 12.4 Å². The number of nitrogens with zero attached hydrogens (tertiary/aromatic N) is 3. The van der Waals surface area contributed by atoms with E-state index >= 15 is 0 Å². The summed E-state index contributed by atoms with van der Waals surface area (Å²) in [6.45, 7) is 1.93. The lowest BCUT2D eigenvalue weighted by Gasteiger charge is -2.35. The Morgan fingerprint density at radius 3 is 2.65 bits per heavy atom. The first kappa shape index (κ1) is 19.2. The predicted molar refractivity (Wildman–Crippen MR) is 106 cm³/mol. The van der Waals surface area contributed by atoms with E-state index in [1.165, 1.54) is 12.8 Å². The molecule has 1 aromatic carbocycles. The number of nitrogens with one attached hydrogen (secondary N) is 1. The molecule has 2 fully saturated rings. The molecular formula is C19H24Cl2N4O. The molecule has 7 heteroatoms. The summed E-state index contributed by atoms with van der Waals surface area (Å²) in [6.07, 6.45) is 6.22. The minimum atomic E-state index is 0. The number of aromatic nitrogens is 2. The highest BCUT2D eigenvalue weighted by Gasteiger charge is 2.37. The third kappa shape index (κ3) is 3.48. The highest BCUT2D eigenvalue weighted by Crippen LogP contribution is 2.30. The van der Waals surface area contributed by atoms with E-state index in [1.54, 1.807) is 10.9 Å². The molecule has 4 rings (SSSR count). The zero-order valence-electron chi connectivity index (χ0n) is 15.0. The van der Waals surface area contributed by atoms with Crippen LogP contribution in [-0.4, -0.2) is 45.8 Å². The molecule has 1 N–H and O–H groups in total. The lowest BCUT2D eigenvalue weighted by Crippen LogP contribution is -2.48. The fourth-order valence-electron chi connectivity index (χ4n) is 4.19. The van der Waals surface area contributed by atoms with Crippen molar-refractivity contribution in [2.75, 3.05) is 7.05 Å². The first-order chi connectivity index (χ1) is 12.0. The fourth-order valence-corrected chi connectivity index (χ4v) is 4.37. The molecule has 5 nitrogen and oxygen atoms in total. The summed E-state index contributed by atoms with van der Waals surface area (Å²) in [5, 5.41) is 8.70. The van der Waals surface area contributed by atoms with E-state index in [4.69, 9.17) is 11.6 Å². The quantitative estimate of drug-likeness (QED) is 0.864. The van der Waals surface area contributed by atoms with Gasteiger partial charge < -0.3 is 10.2 Å². The van der Waals surface area contributed by atoms with Gasteiger partial charge in [0.15, 0.2) is 0 Å². The minimum absolute atomic E-state index is 0. The zero-order chi connectivity index (χ0) is 17.6. The number of carbonyl (C=O) groups excluding carboxylic acids is 1. The summed E-state index contributed by atoms with van der Waals surface area (Å²) in [4.78, 5) is 15.0. The van der Waals surface area contributed by atoms with Crippen LogP contribution in [0.5, 0.6) is 0 Å². The third-order valence-electron chi connectivity index (χ3n) is 5.61. The van der Waals surface area contributed by atoms with Crippen LogP contribution in [0.3, 0.4) is 0 Å². The van der Waals surface area contributed by atoms with Gasteiger partial charge in [0.2, 0.25) is 0 Å². The highest BCUT2D eigenvalue weighted by atomic mass is 35.5. The molecule has 2 aromatic rings. The van der Waals surface area contributed by atoms with Gasteiger partial charge in [-0.2, -0.15) is 5.10 Å². The number of amides is 1. The Hall–Kier alpha value is -1.56. The average Bonchev–Trinajstić information content (AvgIpc) is 3.15.